The van der Waals surface area contributed by atoms with Crippen LogP contribution in [0.15, 0.2) is 36.5 Å². The van der Waals surface area contributed by atoms with Gasteiger partial charge < -0.3 is 15.0 Å². The summed E-state index contributed by atoms with van der Waals surface area (Å²) in [6.45, 7) is 2.13. The topological polar surface area (TPSA) is 60.4 Å². The van der Waals surface area contributed by atoms with Crippen LogP contribution in [-0.2, 0) is 4.79 Å². The maximum Gasteiger partial charge on any atom is 1.00 e. The molecule has 0 spiro atoms. The largest absolute Gasteiger partial charge is 1.00 e. The summed E-state index contributed by atoms with van der Waals surface area (Å²) >= 11 is 0. The molecule has 0 aromatic heterocycles. The normalized spacial score (nSPS) is 13.0. The molecule has 0 saturated heterocycles. The Morgan fingerprint density at radius 1 is 1.00 bits per heavy atom. The van der Waals surface area contributed by atoms with Crippen molar-refractivity contribution < 1.29 is 44.6 Å². The fraction of sp³-hybridized carbons (Fsp3) is 0.611. The first kappa shape index (κ1) is 23.9. The number of carbonyl (C=O) groups is 1. The minimum Gasteiger partial charge on any atom is -0.550 e. The summed E-state index contributed by atoms with van der Waals surface area (Å²) in [6.07, 6.45) is 19.7. The van der Waals surface area contributed by atoms with E-state index in [0.29, 0.717) is 6.42 Å². The Morgan fingerprint density at radius 3 is 2.18 bits per heavy atom. The molecule has 0 fully saturated rings. The summed E-state index contributed by atoms with van der Waals surface area (Å²) in [5.41, 5.74) is 0. The molecular weight excluding hydrogens is 287 g/mol. The Hall–Kier alpha value is -0.350. The molecule has 0 aromatic carbocycles. The number of aliphatic hydroxyl groups is 1. The quantitative estimate of drug-likeness (QED) is 0.302. The van der Waals surface area contributed by atoms with Crippen LogP contribution in [0.25, 0.3) is 0 Å². The number of carboxylic acid groups (broad SMARTS) is 1. The molecule has 3 nitrogen and oxygen atoms in total. The summed E-state index contributed by atoms with van der Waals surface area (Å²) in [6, 6.07) is 0. The maximum atomic E-state index is 10.3. The van der Waals surface area contributed by atoms with E-state index < -0.39 is 12.1 Å². The van der Waals surface area contributed by atoms with Crippen LogP contribution in [0.4, 0.5) is 0 Å². The number of aliphatic hydroxyl groups excluding tert-OH is 1. The van der Waals surface area contributed by atoms with Crippen molar-refractivity contribution in [1.82, 2.24) is 0 Å². The maximum absolute atomic E-state index is 10.3. The van der Waals surface area contributed by atoms with Gasteiger partial charge in [0, 0.05) is 12.4 Å². The molecule has 22 heavy (non-hydrogen) atoms. The van der Waals surface area contributed by atoms with Crippen molar-refractivity contribution in [3.63, 3.8) is 0 Å². The molecule has 0 bridgehead atoms. The van der Waals surface area contributed by atoms with Crippen LogP contribution in [0.1, 0.15) is 64.7 Å². The van der Waals surface area contributed by atoms with Gasteiger partial charge in [-0.1, -0.05) is 56.2 Å². The molecule has 0 aliphatic rings. The van der Waals surface area contributed by atoms with Crippen LogP contribution < -0.4 is 34.7 Å². The predicted molar refractivity (Wildman–Crippen MR) is 85.7 cm³/mol. The van der Waals surface area contributed by atoms with Crippen molar-refractivity contribution in [3.05, 3.63) is 36.5 Å². The van der Waals surface area contributed by atoms with Gasteiger partial charge in [-0.15, -0.1) is 0 Å². The van der Waals surface area contributed by atoms with E-state index in [1.165, 1.54) is 0 Å². The van der Waals surface area contributed by atoms with E-state index in [4.69, 9.17) is 0 Å². The van der Waals surface area contributed by atoms with E-state index in [1.54, 1.807) is 0 Å². The molecule has 0 aromatic rings. The van der Waals surface area contributed by atoms with E-state index in [0.717, 1.165) is 44.9 Å². The van der Waals surface area contributed by atoms with Gasteiger partial charge in [-0.3, -0.25) is 0 Å². The summed E-state index contributed by atoms with van der Waals surface area (Å²) in [5, 5.41) is 19.6. The Kier molecular flexibility index (Phi) is 20.3. The average Bonchev–Trinajstić information content (AvgIpc) is 2.43. The van der Waals surface area contributed by atoms with Crippen LogP contribution >= 0.6 is 0 Å². The molecule has 1 unspecified atom stereocenters. The van der Waals surface area contributed by atoms with E-state index in [2.05, 4.69) is 43.4 Å². The molecule has 0 aliphatic carbocycles. The van der Waals surface area contributed by atoms with Gasteiger partial charge in [-0.25, -0.2) is 0 Å². The molecule has 0 heterocycles. The van der Waals surface area contributed by atoms with Crippen molar-refractivity contribution in [2.75, 3.05) is 0 Å². The first-order valence-electron chi connectivity index (χ1n) is 7.99. The molecular formula is C18H29NaO3. The molecule has 120 valence electrons. The van der Waals surface area contributed by atoms with Crippen molar-refractivity contribution in [3.8, 4) is 0 Å². The van der Waals surface area contributed by atoms with Crippen LogP contribution in [0.3, 0.4) is 0 Å². The van der Waals surface area contributed by atoms with E-state index in [1.807, 2.05) is 0 Å². The summed E-state index contributed by atoms with van der Waals surface area (Å²) in [5.74, 6) is -1.18. The SMILES string of the molecule is CC/C=C\C/C=C\C/C=C\CCCCCC(O)CC(=O)[O-].[Na+]. The van der Waals surface area contributed by atoms with Gasteiger partial charge in [0.1, 0.15) is 0 Å². The smallest absolute Gasteiger partial charge is 0.550 e. The predicted octanol–water partition coefficient (Wildman–Crippen LogP) is 0.301. The van der Waals surface area contributed by atoms with Gasteiger partial charge >= 0.3 is 29.6 Å². The molecule has 1 N–H and O–H groups in total. The molecule has 0 rings (SSSR count). The van der Waals surface area contributed by atoms with Crippen LogP contribution in [-0.4, -0.2) is 17.2 Å². The number of aliphatic carboxylic acids is 1. The third-order valence-corrected chi connectivity index (χ3v) is 3.09. The summed E-state index contributed by atoms with van der Waals surface area (Å²) in [4.78, 5) is 10.3. The number of hydrogen-bond donors (Lipinski definition) is 1. The fourth-order valence-corrected chi connectivity index (χ4v) is 1.94. The Labute approximate surface area is 157 Å². The van der Waals surface area contributed by atoms with Gasteiger partial charge in [0.25, 0.3) is 0 Å². The third kappa shape index (κ3) is 19.7. The number of carboxylic acids is 1. The van der Waals surface area contributed by atoms with Gasteiger partial charge in [0.15, 0.2) is 0 Å². The van der Waals surface area contributed by atoms with E-state index >= 15 is 0 Å². The zero-order valence-electron chi connectivity index (χ0n) is 14.2. The Balaban J connectivity index is 0. The molecule has 0 amide bonds. The molecule has 0 radical (unpaired) electrons. The molecule has 4 heteroatoms. The summed E-state index contributed by atoms with van der Waals surface area (Å²) < 4.78 is 0. The van der Waals surface area contributed by atoms with Crippen LogP contribution in [0.5, 0.6) is 0 Å². The Morgan fingerprint density at radius 2 is 1.59 bits per heavy atom. The van der Waals surface area contributed by atoms with Crippen LogP contribution in [0, 0.1) is 0 Å². The van der Waals surface area contributed by atoms with Crippen molar-refractivity contribution in [2.45, 2.75) is 70.8 Å². The monoisotopic (exact) mass is 316 g/mol. The second-order valence-electron chi connectivity index (χ2n) is 5.16. The number of unbranched alkanes of at least 4 members (excludes halogenated alkanes) is 3. The average molecular weight is 316 g/mol. The minimum atomic E-state index is -1.18. The standard InChI is InChI=1S/C18H30O3.Na/c1-2-3-4-5-6-7-8-9-10-11-12-13-14-15-17(19)16-18(20)21;/h3-4,6-7,9-10,17,19H,2,5,8,11-16H2,1H3,(H,20,21);/q;+1/p-1/b4-3-,7-6-,10-9-;. The zero-order chi connectivity index (χ0) is 15.8. The van der Waals surface area contributed by atoms with Gasteiger partial charge in [0.05, 0.1) is 6.10 Å². The second kappa shape index (κ2) is 18.7. The first-order chi connectivity index (χ1) is 10.2. The molecule has 0 saturated carbocycles. The second-order valence-corrected chi connectivity index (χ2v) is 5.16. The van der Waals surface area contributed by atoms with Crippen molar-refractivity contribution in [1.29, 1.82) is 0 Å². The van der Waals surface area contributed by atoms with Gasteiger partial charge in [0.2, 0.25) is 0 Å². The number of rotatable bonds is 13. The minimum absolute atomic E-state index is 0. The Bertz CT molecular complexity index is 335. The zero-order valence-corrected chi connectivity index (χ0v) is 16.2. The molecule has 0 aliphatic heterocycles. The van der Waals surface area contributed by atoms with E-state index in [9.17, 15) is 15.0 Å². The number of hydrogen-bond acceptors (Lipinski definition) is 3. The van der Waals surface area contributed by atoms with Crippen molar-refractivity contribution >= 4 is 5.97 Å². The van der Waals surface area contributed by atoms with Crippen LogP contribution in [0.2, 0.25) is 0 Å². The fourth-order valence-electron chi connectivity index (χ4n) is 1.94. The first-order valence-corrected chi connectivity index (χ1v) is 7.99. The number of carbonyl (C=O) groups excluding carboxylic acids is 1. The van der Waals surface area contributed by atoms with Crippen molar-refractivity contribution in [2.24, 2.45) is 0 Å². The molecule has 1 atom stereocenters. The number of allylic oxidation sites excluding steroid dienone is 6. The summed E-state index contributed by atoms with van der Waals surface area (Å²) in [7, 11) is 0. The van der Waals surface area contributed by atoms with Gasteiger partial charge in [-0.2, -0.15) is 0 Å². The van der Waals surface area contributed by atoms with E-state index in [-0.39, 0.29) is 36.0 Å². The third-order valence-electron chi connectivity index (χ3n) is 3.09. The van der Waals surface area contributed by atoms with Gasteiger partial charge in [-0.05, 0) is 38.5 Å².